The van der Waals surface area contributed by atoms with Gasteiger partial charge in [-0.15, -0.1) is 6.58 Å². The van der Waals surface area contributed by atoms with Gasteiger partial charge in [0.25, 0.3) is 5.91 Å². The number of nitrogens with zero attached hydrogens (tertiary/aromatic N) is 2. The van der Waals surface area contributed by atoms with Gasteiger partial charge >= 0.3 is 12.1 Å². The Morgan fingerprint density at radius 3 is 2.25 bits per heavy atom. The molecule has 4 rings (SSSR count). The second-order valence-electron chi connectivity index (χ2n) is 18.4. The van der Waals surface area contributed by atoms with Crippen LogP contribution in [0.1, 0.15) is 117 Å². The third kappa shape index (κ3) is 12.3. The molecule has 16 heteroatoms. The zero-order chi connectivity index (χ0) is 43.8. The van der Waals surface area contributed by atoms with Crippen molar-refractivity contribution in [3.05, 3.63) is 48.0 Å². The van der Waals surface area contributed by atoms with Crippen LogP contribution in [0.3, 0.4) is 0 Å². The first-order chi connectivity index (χ1) is 27.6. The monoisotopic (exact) mass is 842 g/mol. The molecule has 1 aliphatic carbocycles. The van der Waals surface area contributed by atoms with Crippen molar-refractivity contribution < 1.29 is 41.9 Å². The number of carbonyl (C=O) groups is 6. The van der Waals surface area contributed by atoms with E-state index in [1.807, 2.05) is 31.2 Å². The number of urea groups is 1. The summed E-state index contributed by atoms with van der Waals surface area (Å²) in [6.07, 6.45) is 5.14. The molecule has 1 saturated heterocycles. The molecule has 4 N–H and O–H groups in total. The van der Waals surface area contributed by atoms with Gasteiger partial charge in [-0.25, -0.2) is 18.0 Å². The molecule has 1 aromatic rings. The number of ketones is 1. The number of benzene rings is 1. The van der Waals surface area contributed by atoms with Crippen LogP contribution in [0.15, 0.2) is 36.9 Å². The molecule has 3 aliphatic rings. The summed E-state index contributed by atoms with van der Waals surface area (Å²) in [5.41, 5.74) is 0.194. The quantitative estimate of drug-likeness (QED) is 0.147. The first kappa shape index (κ1) is 47.2. The Morgan fingerprint density at radius 1 is 0.983 bits per heavy atom. The predicted molar refractivity (Wildman–Crippen MR) is 225 cm³/mol. The number of sulfone groups is 1. The van der Waals surface area contributed by atoms with Gasteiger partial charge < -0.3 is 35.8 Å². The number of nitrogens with one attached hydrogen (secondary N) is 4. The Morgan fingerprint density at radius 2 is 1.64 bits per heavy atom. The summed E-state index contributed by atoms with van der Waals surface area (Å²) in [7, 11) is -3.64. The average molecular weight is 843 g/mol. The van der Waals surface area contributed by atoms with E-state index < -0.39 is 85.4 Å². The van der Waals surface area contributed by atoms with E-state index in [4.69, 9.17) is 4.74 Å². The van der Waals surface area contributed by atoms with E-state index in [1.54, 1.807) is 46.4 Å². The summed E-state index contributed by atoms with van der Waals surface area (Å²) in [5.74, 6) is -3.30. The molecule has 1 saturated carbocycles. The van der Waals surface area contributed by atoms with Crippen molar-refractivity contribution in [3.8, 4) is 0 Å². The highest BCUT2D eigenvalue weighted by molar-refractivity contribution is 7.92. The second-order valence-corrected chi connectivity index (χ2v) is 21.1. The molecule has 0 aromatic heterocycles. The predicted octanol–water partition coefficient (Wildman–Crippen LogP) is 4.33. The van der Waals surface area contributed by atoms with Crippen LogP contribution in [0.5, 0.6) is 0 Å². The van der Waals surface area contributed by atoms with Gasteiger partial charge in [0.2, 0.25) is 17.6 Å². The summed E-state index contributed by atoms with van der Waals surface area (Å²) in [6.45, 7) is 16.3. The summed E-state index contributed by atoms with van der Waals surface area (Å²) in [4.78, 5) is 85.4. The molecule has 59 heavy (non-hydrogen) atoms. The zero-order valence-corrected chi connectivity index (χ0v) is 36.8. The Balaban J connectivity index is 1.61. The number of unbranched alkanes of at least 4 members (excludes halogenated alkanes) is 1. The van der Waals surface area contributed by atoms with Crippen LogP contribution in [0.25, 0.3) is 0 Å². The molecule has 2 fully saturated rings. The Labute approximate surface area is 350 Å². The number of hydrogen-bond donors (Lipinski definition) is 4. The first-order valence-corrected chi connectivity index (χ1v) is 22.6. The maximum absolute atomic E-state index is 14.8. The lowest BCUT2D eigenvalue weighted by atomic mass is 9.83. The van der Waals surface area contributed by atoms with Crippen LogP contribution >= 0.6 is 0 Å². The first-order valence-electron chi connectivity index (χ1n) is 21.0. The molecule has 0 bridgehead atoms. The van der Waals surface area contributed by atoms with Gasteiger partial charge in [0.05, 0.1) is 28.6 Å². The highest BCUT2D eigenvalue weighted by Crippen LogP contribution is 2.33. The summed E-state index contributed by atoms with van der Waals surface area (Å²) < 4.78 is 31.8. The lowest BCUT2D eigenvalue weighted by Gasteiger charge is -2.41. The molecule has 0 spiro atoms. The lowest BCUT2D eigenvalue weighted by molar-refractivity contribution is -0.143. The minimum Gasteiger partial charge on any atom is -0.444 e. The molecule has 328 valence electrons. The third-order valence-electron chi connectivity index (χ3n) is 11.6. The van der Waals surface area contributed by atoms with Gasteiger partial charge in [-0.1, -0.05) is 90.1 Å². The minimum atomic E-state index is -3.64. The minimum absolute atomic E-state index is 0.0574. The molecule has 4 atom stereocenters. The smallest absolute Gasteiger partial charge is 0.410 e. The zero-order valence-electron chi connectivity index (χ0n) is 36.0. The number of carbonyl (C=O) groups excluding carboxylic acids is 6. The SMILES string of the molecule is C=CCNC(=O)C(=O)C(CCCC)NC(=O)[C@@H]1C[C@@H](OC(=O)N2CCc3ccccc3C2)CN1C(=O)[C@@H](NC(=O)NC1(CS(=O)(=O)C(C)(C)C)CCCCC1)C(C)(C)C. The highest BCUT2D eigenvalue weighted by Gasteiger charge is 2.48. The van der Waals surface area contributed by atoms with E-state index in [0.29, 0.717) is 45.2 Å². The molecule has 2 heterocycles. The number of fused-ring (bicyclic) bond motifs is 1. The van der Waals surface area contributed by atoms with Crippen LogP contribution in [-0.2, 0) is 46.7 Å². The molecule has 6 amide bonds. The van der Waals surface area contributed by atoms with Crippen molar-refractivity contribution in [2.75, 3.05) is 25.4 Å². The van der Waals surface area contributed by atoms with Gasteiger partial charge in [-0.2, -0.15) is 0 Å². The van der Waals surface area contributed by atoms with Crippen LogP contribution in [0.2, 0.25) is 0 Å². The molecular formula is C43H66N6O9S. The normalized spacial score (nSPS) is 20.3. The Kier molecular flexibility index (Phi) is 15.8. The van der Waals surface area contributed by atoms with Crippen LogP contribution in [-0.4, -0.2) is 114 Å². The van der Waals surface area contributed by atoms with E-state index in [2.05, 4.69) is 27.8 Å². The van der Waals surface area contributed by atoms with Crippen molar-refractivity contribution in [1.82, 2.24) is 31.1 Å². The van der Waals surface area contributed by atoms with E-state index in [9.17, 15) is 37.2 Å². The number of hydrogen-bond acceptors (Lipinski definition) is 9. The average Bonchev–Trinajstić information content (AvgIpc) is 3.59. The fourth-order valence-electron chi connectivity index (χ4n) is 7.94. The van der Waals surface area contributed by atoms with Crippen molar-refractivity contribution in [2.45, 2.75) is 154 Å². The van der Waals surface area contributed by atoms with Crippen LogP contribution in [0.4, 0.5) is 9.59 Å². The van der Waals surface area contributed by atoms with E-state index in [0.717, 1.165) is 30.4 Å². The van der Waals surface area contributed by atoms with E-state index in [1.165, 1.54) is 11.0 Å². The molecule has 0 radical (unpaired) electrons. The summed E-state index contributed by atoms with van der Waals surface area (Å²) in [5, 5.41) is 11.0. The fourth-order valence-corrected chi connectivity index (χ4v) is 9.46. The van der Waals surface area contributed by atoms with Gasteiger partial charge in [-0.05, 0) is 63.0 Å². The third-order valence-corrected chi connectivity index (χ3v) is 14.4. The van der Waals surface area contributed by atoms with Gasteiger partial charge in [0, 0.05) is 26.1 Å². The van der Waals surface area contributed by atoms with Crippen molar-refractivity contribution in [3.63, 3.8) is 0 Å². The number of Topliss-reactive ketones (excluding diaryl/α,β-unsaturated/α-hetero) is 1. The number of rotatable bonds is 15. The molecule has 1 unspecified atom stereocenters. The molecule has 15 nitrogen and oxygen atoms in total. The van der Waals surface area contributed by atoms with E-state index in [-0.39, 0.29) is 31.7 Å². The van der Waals surface area contributed by atoms with Gasteiger partial charge in [0.1, 0.15) is 18.2 Å². The van der Waals surface area contributed by atoms with Crippen molar-refractivity contribution in [2.24, 2.45) is 5.41 Å². The van der Waals surface area contributed by atoms with Gasteiger partial charge in [-0.3, -0.25) is 19.2 Å². The number of likely N-dealkylation sites (tertiary alicyclic amines) is 1. The fraction of sp³-hybridized carbons (Fsp3) is 0.674. The maximum Gasteiger partial charge on any atom is 0.410 e. The molecule has 1 aromatic carbocycles. The van der Waals surface area contributed by atoms with Crippen LogP contribution in [0, 0.1) is 5.41 Å². The lowest BCUT2D eigenvalue weighted by Crippen LogP contribution is -2.63. The maximum atomic E-state index is 14.8. The van der Waals surface area contributed by atoms with Crippen LogP contribution < -0.4 is 21.3 Å². The Hall–Kier alpha value is -4.47. The summed E-state index contributed by atoms with van der Waals surface area (Å²) in [6, 6.07) is 3.48. The highest BCUT2D eigenvalue weighted by atomic mass is 32.2. The van der Waals surface area contributed by atoms with Crippen molar-refractivity contribution >= 4 is 45.5 Å². The van der Waals surface area contributed by atoms with E-state index >= 15 is 0 Å². The molecule has 2 aliphatic heterocycles. The standard InChI is InChI=1S/C43H66N6O9S/c1-9-11-19-32(34(50)37(52)44-23-10-2)45-36(51)33-25-31(58-40(55)48-24-20-29-17-13-14-18-30(29)26-48)27-49(33)38(53)35(41(3,4)5)46-39(54)47-43(21-15-12-16-22-43)28-59(56,57)42(6,7)8/h10,13-14,17-18,31-33,35H,2,9,11-12,15-16,19-28H2,1,3-8H3,(H,44,52)(H,45,51)(H2,46,47,54)/t31-,32?,33+,35-/m1/s1. The van der Waals surface area contributed by atoms with Crippen molar-refractivity contribution in [1.29, 1.82) is 0 Å². The Bertz CT molecular complexity index is 1830. The topological polar surface area (TPSA) is 200 Å². The largest absolute Gasteiger partial charge is 0.444 e. The number of ether oxygens (including phenoxy) is 1. The molecular weight excluding hydrogens is 777 g/mol. The summed E-state index contributed by atoms with van der Waals surface area (Å²) >= 11 is 0. The van der Waals surface area contributed by atoms with Gasteiger partial charge in [0.15, 0.2) is 9.84 Å². The second kappa shape index (κ2) is 19.7. The number of amides is 6.